The summed E-state index contributed by atoms with van der Waals surface area (Å²) in [6, 6.07) is 11.4. The molecule has 1 aromatic carbocycles. The lowest BCUT2D eigenvalue weighted by Gasteiger charge is -2.33. The van der Waals surface area contributed by atoms with Gasteiger partial charge in [0.2, 0.25) is 11.8 Å². The smallest absolute Gasteiger partial charge is 0.287 e. The predicted molar refractivity (Wildman–Crippen MR) is 132 cm³/mol. The van der Waals surface area contributed by atoms with Crippen LogP contribution >= 0.6 is 0 Å². The molecule has 2 N–H and O–H groups in total. The van der Waals surface area contributed by atoms with Crippen molar-refractivity contribution in [1.29, 1.82) is 0 Å². The van der Waals surface area contributed by atoms with E-state index in [4.69, 9.17) is 4.42 Å². The standard InChI is InChI=1S/C27H30N4O4/c1-18-8-5-12-22(19(18)2)31(24(32)17-29-26(33)23-13-7-15-35-23)25(20-9-6-14-28-16-20)27(34)30-21-10-3-4-11-21/h5-9,12-16,21,25H,3-4,10-11,17H2,1-2H3,(H,29,33)(H,30,34)/t25-/m1/s1. The van der Waals surface area contributed by atoms with E-state index in [-0.39, 0.29) is 24.3 Å². The molecule has 35 heavy (non-hydrogen) atoms. The Morgan fingerprint density at radius 1 is 1.09 bits per heavy atom. The Hall–Kier alpha value is -3.94. The van der Waals surface area contributed by atoms with Crippen LogP contribution in [0.2, 0.25) is 0 Å². The lowest BCUT2D eigenvalue weighted by molar-refractivity contribution is -0.126. The lowest BCUT2D eigenvalue weighted by Crippen LogP contribution is -2.49. The minimum atomic E-state index is -0.946. The summed E-state index contributed by atoms with van der Waals surface area (Å²) in [5, 5.41) is 5.76. The first-order valence-electron chi connectivity index (χ1n) is 11.9. The van der Waals surface area contributed by atoms with Crippen molar-refractivity contribution in [2.24, 2.45) is 0 Å². The van der Waals surface area contributed by atoms with Crippen molar-refractivity contribution in [3.05, 3.63) is 83.6 Å². The minimum absolute atomic E-state index is 0.0795. The van der Waals surface area contributed by atoms with Crippen molar-refractivity contribution in [3.63, 3.8) is 0 Å². The zero-order chi connectivity index (χ0) is 24.8. The summed E-state index contributed by atoms with van der Waals surface area (Å²) in [4.78, 5) is 45.5. The van der Waals surface area contributed by atoms with Gasteiger partial charge in [0.25, 0.3) is 5.91 Å². The molecule has 2 heterocycles. The third kappa shape index (κ3) is 5.59. The van der Waals surface area contributed by atoms with Gasteiger partial charge in [-0.3, -0.25) is 24.3 Å². The van der Waals surface area contributed by atoms with Crippen molar-refractivity contribution in [3.8, 4) is 0 Å². The van der Waals surface area contributed by atoms with E-state index in [0.717, 1.165) is 36.8 Å². The molecule has 0 spiro atoms. The predicted octanol–water partition coefficient (Wildman–Crippen LogP) is 3.85. The number of anilines is 1. The van der Waals surface area contributed by atoms with Gasteiger partial charge in [-0.25, -0.2) is 0 Å². The number of aryl methyl sites for hydroxylation is 1. The number of nitrogens with one attached hydrogen (secondary N) is 2. The Kier molecular flexibility index (Phi) is 7.60. The van der Waals surface area contributed by atoms with Gasteiger partial charge >= 0.3 is 0 Å². The van der Waals surface area contributed by atoms with Crippen LogP contribution in [-0.4, -0.2) is 35.3 Å². The van der Waals surface area contributed by atoms with E-state index in [2.05, 4.69) is 15.6 Å². The summed E-state index contributed by atoms with van der Waals surface area (Å²) in [6.45, 7) is 3.57. The van der Waals surface area contributed by atoms with Crippen LogP contribution in [0.1, 0.15) is 59.0 Å². The highest BCUT2D eigenvalue weighted by molar-refractivity contribution is 6.04. The molecule has 1 aliphatic carbocycles. The Bertz CT molecular complexity index is 1170. The highest BCUT2D eigenvalue weighted by atomic mass is 16.3. The molecular formula is C27H30N4O4. The molecule has 3 aromatic rings. The first kappa shape index (κ1) is 24.2. The third-order valence-electron chi connectivity index (χ3n) is 6.46. The van der Waals surface area contributed by atoms with Crippen LogP contribution < -0.4 is 15.5 Å². The number of furan rings is 1. The molecule has 0 unspecified atom stereocenters. The maximum Gasteiger partial charge on any atom is 0.287 e. The second-order valence-electron chi connectivity index (χ2n) is 8.82. The van der Waals surface area contributed by atoms with Gasteiger partial charge in [-0.2, -0.15) is 0 Å². The van der Waals surface area contributed by atoms with Crippen molar-refractivity contribution < 1.29 is 18.8 Å². The van der Waals surface area contributed by atoms with Gasteiger partial charge in [-0.15, -0.1) is 0 Å². The molecule has 1 saturated carbocycles. The van der Waals surface area contributed by atoms with Crippen LogP contribution in [-0.2, 0) is 9.59 Å². The molecule has 0 bridgehead atoms. The molecule has 1 aliphatic rings. The van der Waals surface area contributed by atoms with Crippen molar-refractivity contribution in [2.45, 2.75) is 51.6 Å². The molecule has 0 aliphatic heterocycles. The normalized spacial score (nSPS) is 14.3. The van der Waals surface area contributed by atoms with Crippen LogP contribution in [0.25, 0.3) is 0 Å². The highest BCUT2D eigenvalue weighted by Crippen LogP contribution is 2.32. The fraction of sp³-hybridized carbons (Fsp3) is 0.333. The minimum Gasteiger partial charge on any atom is -0.459 e. The summed E-state index contributed by atoms with van der Waals surface area (Å²) in [6.07, 6.45) is 8.60. The average molecular weight is 475 g/mol. The summed E-state index contributed by atoms with van der Waals surface area (Å²) >= 11 is 0. The maximum atomic E-state index is 13.7. The van der Waals surface area contributed by atoms with Gasteiger partial charge in [0.15, 0.2) is 5.76 Å². The van der Waals surface area contributed by atoms with E-state index in [1.807, 2.05) is 32.0 Å². The van der Waals surface area contributed by atoms with Crippen LogP contribution in [0.3, 0.4) is 0 Å². The third-order valence-corrected chi connectivity index (χ3v) is 6.46. The number of carbonyl (C=O) groups excluding carboxylic acids is 3. The Balaban J connectivity index is 1.70. The van der Waals surface area contributed by atoms with Gasteiger partial charge in [-0.1, -0.05) is 31.0 Å². The zero-order valence-corrected chi connectivity index (χ0v) is 20.0. The molecule has 2 aromatic heterocycles. The first-order chi connectivity index (χ1) is 17.0. The molecular weight excluding hydrogens is 444 g/mol. The Morgan fingerprint density at radius 3 is 2.57 bits per heavy atom. The summed E-state index contributed by atoms with van der Waals surface area (Å²) < 4.78 is 5.13. The quantitative estimate of drug-likeness (QED) is 0.516. The Morgan fingerprint density at radius 2 is 1.89 bits per heavy atom. The molecule has 0 saturated heterocycles. The van der Waals surface area contributed by atoms with E-state index in [1.54, 1.807) is 30.6 Å². The van der Waals surface area contributed by atoms with E-state index < -0.39 is 17.9 Å². The molecule has 1 atom stereocenters. The van der Waals surface area contributed by atoms with E-state index in [0.29, 0.717) is 11.3 Å². The maximum absolute atomic E-state index is 13.7. The number of benzene rings is 1. The van der Waals surface area contributed by atoms with Gasteiger partial charge in [0.1, 0.15) is 6.04 Å². The van der Waals surface area contributed by atoms with Crippen molar-refractivity contribution in [2.75, 3.05) is 11.4 Å². The van der Waals surface area contributed by atoms with E-state index in [9.17, 15) is 14.4 Å². The second kappa shape index (κ2) is 11.0. The number of hydrogen-bond donors (Lipinski definition) is 2. The molecule has 4 rings (SSSR count). The average Bonchev–Trinajstić information content (AvgIpc) is 3.58. The number of aromatic nitrogens is 1. The number of pyridine rings is 1. The highest BCUT2D eigenvalue weighted by Gasteiger charge is 2.35. The van der Waals surface area contributed by atoms with Crippen LogP contribution in [0.4, 0.5) is 5.69 Å². The number of amides is 3. The van der Waals surface area contributed by atoms with Gasteiger partial charge in [0, 0.05) is 29.7 Å². The Labute approximate surface area is 204 Å². The fourth-order valence-corrected chi connectivity index (χ4v) is 4.46. The molecule has 1 fully saturated rings. The van der Waals surface area contributed by atoms with Crippen molar-refractivity contribution in [1.82, 2.24) is 15.6 Å². The topological polar surface area (TPSA) is 105 Å². The van der Waals surface area contributed by atoms with Gasteiger partial charge in [0.05, 0.1) is 12.8 Å². The van der Waals surface area contributed by atoms with Crippen LogP contribution in [0.15, 0.2) is 65.5 Å². The number of rotatable bonds is 8. The molecule has 3 amide bonds. The van der Waals surface area contributed by atoms with Crippen molar-refractivity contribution >= 4 is 23.4 Å². The summed E-state index contributed by atoms with van der Waals surface area (Å²) in [5.74, 6) is -1.08. The largest absolute Gasteiger partial charge is 0.459 e. The van der Waals surface area contributed by atoms with Gasteiger partial charge in [-0.05, 0) is 62.1 Å². The van der Waals surface area contributed by atoms with E-state index in [1.165, 1.54) is 17.2 Å². The second-order valence-corrected chi connectivity index (χ2v) is 8.82. The fourth-order valence-electron chi connectivity index (χ4n) is 4.46. The number of hydrogen-bond acceptors (Lipinski definition) is 5. The lowest BCUT2D eigenvalue weighted by atomic mass is 10.0. The number of nitrogens with zero attached hydrogens (tertiary/aromatic N) is 2. The SMILES string of the molecule is Cc1cccc(N(C(=O)CNC(=O)c2ccco2)[C@@H](C(=O)NC2CCCC2)c2cccnc2)c1C. The molecule has 182 valence electrons. The van der Waals surface area contributed by atoms with Gasteiger partial charge < -0.3 is 15.1 Å². The zero-order valence-electron chi connectivity index (χ0n) is 20.0. The molecule has 0 radical (unpaired) electrons. The molecule has 8 heteroatoms. The van der Waals surface area contributed by atoms with Crippen LogP contribution in [0, 0.1) is 13.8 Å². The van der Waals surface area contributed by atoms with Crippen LogP contribution in [0.5, 0.6) is 0 Å². The summed E-state index contributed by atoms with van der Waals surface area (Å²) in [5.41, 5.74) is 3.06. The number of carbonyl (C=O) groups is 3. The van der Waals surface area contributed by atoms with E-state index >= 15 is 0 Å². The first-order valence-corrected chi connectivity index (χ1v) is 11.9. The summed E-state index contributed by atoms with van der Waals surface area (Å²) in [7, 11) is 0. The monoisotopic (exact) mass is 474 g/mol. The molecule has 8 nitrogen and oxygen atoms in total.